The highest BCUT2D eigenvalue weighted by Crippen LogP contribution is 2.18. The number of pyridine rings is 1. The average molecular weight is 306 g/mol. The number of ether oxygens (including phenoxy) is 1. The molecule has 1 fully saturated rings. The summed E-state index contributed by atoms with van der Waals surface area (Å²) in [7, 11) is 1.65. The molecule has 21 heavy (non-hydrogen) atoms. The molecule has 0 bridgehead atoms. The summed E-state index contributed by atoms with van der Waals surface area (Å²) < 4.78 is 5.33. The number of carbonyl (C=O) groups is 1. The summed E-state index contributed by atoms with van der Waals surface area (Å²) in [5, 5.41) is 7.70. The second-order valence-corrected chi connectivity index (χ2v) is 5.48. The summed E-state index contributed by atoms with van der Waals surface area (Å²) in [5.74, 6) is -0.201. The largest absolute Gasteiger partial charge is 0.378 e. The maximum absolute atomic E-state index is 12.3. The number of amides is 1. The van der Waals surface area contributed by atoms with Gasteiger partial charge in [0.25, 0.3) is 5.91 Å². The number of hydrogen-bond acceptors (Lipinski definition) is 4. The van der Waals surface area contributed by atoms with E-state index in [0.717, 1.165) is 11.9 Å². The number of methoxy groups -OCH3 is 1. The van der Waals surface area contributed by atoms with Crippen LogP contribution in [0.3, 0.4) is 0 Å². The van der Waals surface area contributed by atoms with Crippen molar-refractivity contribution in [3.8, 4) is 0 Å². The number of nitrogens with zero attached hydrogens (tertiary/aromatic N) is 1. The minimum Gasteiger partial charge on any atom is -0.378 e. The van der Waals surface area contributed by atoms with Crippen LogP contribution in [0.15, 0.2) is 30.3 Å². The number of nitrogens with one attached hydrogen (secondary N) is 2. The van der Waals surface area contributed by atoms with Crippen molar-refractivity contribution in [2.75, 3.05) is 20.2 Å². The Morgan fingerprint density at radius 2 is 2.19 bits per heavy atom. The van der Waals surface area contributed by atoms with Crippen LogP contribution in [0.5, 0.6) is 0 Å². The van der Waals surface area contributed by atoms with E-state index in [-0.39, 0.29) is 18.1 Å². The van der Waals surface area contributed by atoms with Gasteiger partial charge >= 0.3 is 0 Å². The third-order valence-corrected chi connectivity index (χ3v) is 3.90. The standard InChI is InChI=1S/C15H16ClN3O2/c1-21-14-8-17-7-13(14)19-15(20)11-5-3-9-2-4-10(16)6-12(9)18-11/h2-6,13-14,17H,7-8H2,1H3,(H,19,20)/t13?,14-/m0/s1. The highest BCUT2D eigenvalue weighted by molar-refractivity contribution is 6.31. The molecule has 2 atom stereocenters. The van der Waals surface area contributed by atoms with Gasteiger partial charge in [-0.25, -0.2) is 4.98 Å². The number of benzene rings is 1. The molecule has 2 aromatic rings. The Morgan fingerprint density at radius 3 is 3.00 bits per heavy atom. The minimum atomic E-state index is -0.201. The van der Waals surface area contributed by atoms with Crippen LogP contribution in [0, 0.1) is 0 Å². The summed E-state index contributed by atoms with van der Waals surface area (Å²) in [6, 6.07) is 8.99. The van der Waals surface area contributed by atoms with Gasteiger partial charge in [0.15, 0.2) is 0 Å². The van der Waals surface area contributed by atoms with Crippen molar-refractivity contribution in [2.24, 2.45) is 0 Å². The van der Waals surface area contributed by atoms with Gasteiger partial charge in [-0.15, -0.1) is 0 Å². The molecule has 1 aliphatic heterocycles. The van der Waals surface area contributed by atoms with E-state index < -0.39 is 0 Å². The first-order valence-electron chi connectivity index (χ1n) is 6.78. The molecule has 1 saturated heterocycles. The average Bonchev–Trinajstić information content (AvgIpc) is 2.93. The second-order valence-electron chi connectivity index (χ2n) is 5.05. The normalized spacial score (nSPS) is 21.6. The van der Waals surface area contributed by atoms with E-state index >= 15 is 0 Å². The fraction of sp³-hybridized carbons (Fsp3) is 0.333. The van der Waals surface area contributed by atoms with E-state index in [1.165, 1.54) is 0 Å². The van der Waals surface area contributed by atoms with Gasteiger partial charge < -0.3 is 15.4 Å². The molecule has 0 saturated carbocycles. The lowest BCUT2D eigenvalue weighted by atomic mass is 10.1. The summed E-state index contributed by atoms with van der Waals surface area (Å²) in [4.78, 5) is 16.7. The Balaban J connectivity index is 1.81. The predicted octanol–water partition coefficient (Wildman–Crippen LogP) is 1.60. The maximum atomic E-state index is 12.3. The zero-order chi connectivity index (χ0) is 14.8. The van der Waals surface area contributed by atoms with Gasteiger partial charge in [0.05, 0.1) is 17.7 Å². The third-order valence-electron chi connectivity index (χ3n) is 3.66. The molecule has 110 valence electrons. The van der Waals surface area contributed by atoms with Crippen LogP contribution in [0.4, 0.5) is 0 Å². The molecule has 0 spiro atoms. The van der Waals surface area contributed by atoms with Crippen molar-refractivity contribution in [1.29, 1.82) is 0 Å². The summed E-state index contributed by atoms with van der Waals surface area (Å²) >= 11 is 5.96. The summed E-state index contributed by atoms with van der Waals surface area (Å²) in [5.41, 5.74) is 1.09. The Labute approximate surface area is 127 Å². The van der Waals surface area contributed by atoms with Crippen molar-refractivity contribution < 1.29 is 9.53 Å². The van der Waals surface area contributed by atoms with Gasteiger partial charge in [-0.1, -0.05) is 23.7 Å². The highest BCUT2D eigenvalue weighted by Gasteiger charge is 2.28. The van der Waals surface area contributed by atoms with Gasteiger partial charge in [0.1, 0.15) is 5.69 Å². The van der Waals surface area contributed by atoms with Gasteiger partial charge in [0.2, 0.25) is 0 Å². The first-order valence-corrected chi connectivity index (χ1v) is 7.16. The molecule has 6 heteroatoms. The van der Waals surface area contributed by atoms with Gasteiger partial charge in [0, 0.05) is 30.6 Å². The summed E-state index contributed by atoms with van der Waals surface area (Å²) in [6.07, 6.45) is -0.0103. The first-order chi connectivity index (χ1) is 10.2. The Bertz CT molecular complexity index is 677. The van der Waals surface area contributed by atoms with Crippen molar-refractivity contribution in [2.45, 2.75) is 12.1 Å². The smallest absolute Gasteiger partial charge is 0.270 e. The van der Waals surface area contributed by atoms with Gasteiger partial charge in [-0.05, 0) is 18.2 Å². The Kier molecular flexibility index (Phi) is 4.05. The molecule has 0 radical (unpaired) electrons. The fourth-order valence-corrected chi connectivity index (χ4v) is 2.67. The van der Waals surface area contributed by atoms with Crippen LogP contribution >= 0.6 is 11.6 Å². The van der Waals surface area contributed by atoms with Crippen LogP contribution in [-0.2, 0) is 4.74 Å². The van der Waals surface area contributed by atoms with E-state index in [2.05, 4.69) is 15.6 Å². The van der Waals surface area contributed by atoms with Crippen LogP contribution in [0.2, 0.25) is 5.02 Å². The van der Waals surface area contributed by atoms with Crippen molar-refractivity contribution in [3.05, 3.63) is 41.0 Å². The van der Waals surface area contributed by atoms with Crippen molar-refractivity contribution >= 4 is 28.4 Å². The van der Waals surface area contributed by atoms with Crippen molar-refractivity contribution in [1.82, 2.24) is 15.6 Å². The van der Waals surface area contributed by atoms with Crippen LogP contribution in [0.25, 0.3) is 10.9 Å². The number of rotatable bonds is 3. The van der Waals surface area contributed by atoms with E-state index in [1.807, 2.05) is 12.1 Å². The molecule has 2 heterocycles. The lowest BCUT2D eigenvalue weighted by Crippen LogP contribution is -2.43. The quantitative estimate of drug-likeness (QED) is 0.904. The monoisotopic (exact) mass is 305 g/mol. The second kappa shape index (κ2) is 5.97. The number of fused-ring (bicyclic) bond motifs is 1. The Morgan fingerprint density at radius 1 is 1.38 bits per heavy atom. The van der Waals surface area contributed by atoms with Crippen molar-refractivity contribution in [3.63, 3.8) is 0 Å². The van der Waals surface area contributed by atoms with Gasteiger partial charge in [-0.3, -0.25) is 4.79 Å². The molecule has 1 aromatic carbocycles. The molecular weight excluding hydrogens is 290 g/mol. The molecule has 0 aliphatic carbocycles. The summed E-state index contributed by atoms with van der Waals surface area (Å²) in [6.45, 7) is 1.44. The Hall–Kier alpha value is -1.69. The molecule has 1 unspecified atom stereocenters. The zero-order valence-electron chi connectivity index (χ0n) is 11.6. The van der Waals surface area contributed by atoms with E-state index in [9.17, 15) is 4.79 Å². The predicted molar refractivity (Wildman–Crippen MR) is 81.7 cm³/mol. The van der Waals surface area contributed by atoms with Crippen LogP contribution < -0.4 is 10.6 Å². The molecule has 1 aromatic heterocycles. The zero-order valence-corrected chi connectivity index (χ0v) is 12.4. The number of aromatic nitrogens is 1. The third kappa shape index (κ3) is 3.00. The van der Waals surface area contributed by atoms with Crippen LogP contribution in [0.1, 0.15) is 10.5 Å². The van der Waals surface area contributed by atoms with Crippen LogP contribution in [-0.4, -0.2) is 43.2 Å². The highest BCUT2D eigenvalue weighted by atomic mass is 35.5. The van der Waals surface area contributed by atoms with Gasteiger partial charge in [-0.2, -0.15) is 0 Å². The van der Waals surface area contributed by atoms with E-state index in [0.29, 0.717) is 22.8 Å². The first kappa shape index (κ1) is 14.3. The fourth-order valence-electron chi connectivity index (χ4n) is 2.51. The number of halogens is 1. The molecule has 1 aliphatic rings. The molecular formula is C15H16ClN3O2. The number of carbonyl (C=O) groups excluding carboxylic acids is 1. The SMILES string of the molecule is CO[C@H]1CNCC1NC(=O)c1ccc2ccc(Cl)cc2n1. The van der Waals surface area contributed by atoms with E-state index in [1.54, 1.807) is 25.3 Å². The van der Waals surface area contributed by atoms with E-state index in [4.69, 9.17) is 16.3 Å². The molecule has 1 amide bonds. The lowest BCUT2D eigenvalue weighted by molar-refractivity contribution is 0.0776. The number of hydrogen-bond donors (Lipinski definition) is 2. The topological polar surface area (TPSA) is 63.2 Å². The minimum absolute atomic E-state index is 0.0103. The molecule has 5 nitrogen and oxygen atoms in total. The molecule has 2 N–H and O–H groups in total. The maximum Gasteiger partial charge on any atom is 0.270 e. The lowest BCUT2D eigenvalue weighted by Gasteiger charge is -2.18. The molecule has 3 rings (SSSR count).